The van der Waals surface area contributed by atoms with Crippen molar-refractivity contribution in [2.24, 2.45) is 7.05 Å². The SMILES string of the molecule is C[n+]1ccn(CC(=O)c2ccc(F)cc2)c1.[Br-]. The Kier molecular flexibility index (Phi) is 4.57. The molecule has 1 aromatic carbocycles. The minimum Gasteiger partial charge on any atom is -1.00 e. The number of imidazole rings is 1. The first-order valence-electron chi connectivity index (χ1n) is 4.95. The van der Waals surface area contributed by atoms with Gasteiger partial charge in [-0.25, -0.2) is 13.5 Å². The number of Topliss-reactive ketones (excluding diaryl/α,β-unsaturated/α-hetero) is 1. The van der Waals surface area contributed by atoms with Crippen molar-refractivity contribution in [2.75, 3.05) is 0 Å². The van der Waals surface area contributed by atoms with Gasteiger partial charge in [0.25, 0.3) is 0 Å². The van der Waals surface area contributed by atoms with Crippen LogP contribution < -0.4 is 21.5 Å². The molecular weight excluding hydrogens is 287 g/mol. The summed E-state index contributed by atoms with van der Waals surface area (Å²) in [5.74, 6) is -0.361. The van der Waals surface area contributed by atoms with E-state index in [0.29, 0.717) is 5.56 Å². The van der Waals surface area contributed by atoms with E-state index in [4.69, 9.17) is 0 Å². The predicted molar refractivity (Wildman–Crippen MR) is 56.3 cm³/mol. The van der Waals surface area contributed by atoms with Gasteiger partial charge >= 0.3 is 0 Å². The lowest BCUT2D eigenvalue weighted by molar-refractivity contribution is -0.671. The molecule has 0 N–H and O–H groups in total. The number of carbonyl (C=O) groups is 1. The molecule has 1 heterocycles. The zero-order valence-electron chi connectivity index (χ0n) is 9.31. The van der Waals surface area contributed by atoms with Crippen LogP contribution in [0.2, 0.25) is 0 Å². The van der Waals surface area contributed by atoms with Gasteiger partial charge in [-0.3, -0.25) is 4.79 Å². The highest BCUT2D eigenvalue weighted by molar-refractivity contribution is 5.95. The lowest BCUT2D eigenvalue weighted by atomic mass is 10.1. The van der Waals surface area contributed by atoms with E-state index in [-0.39, 0.29) is 35.1 Å². The highest BCUT2D eigenvalue weighted by atomic mass is 79.9. The van der Waals surface area contributed by atoms with E-state index >= 15 is 0 Å². The van der Waals surface area contributed by atoms with Gasteiger partial charge < -0.3 is 17.0 Å². The average Bonchev–Trinajstić information content (AvgIpc) is 2.65. The third kappa shape index (κ3) is 3.49. The molecule has 0 atom stereocenters. The van der Waals surface area contributed by atoms with Crippen LogP contribution in [0.5, 0.6) is 0 Å². The number of aryl methyl sites for hydroxylation is 1. The van der Waals surface area contributed by atoms with Crippen molar-refractivity contribution in [3.05, 3.63) is 54.4 Å². The van der Waals surface area contributed by atoms with Crippen molar-refractivity contribution >= 4 is 5.78 Å². The van der Waals surface area contributed by atoms with Crippen LogP contribution in [-0.2, 0) is 13.6 Å². The summed E-state index contributed by atoms with van der Waals surface area (Å²) in [6.07, 6.45) is 5.50. The normalized spacial score (nSPS) is 9.76. The summed E-state index contributed by atoms with van der Waals surface area (Å²) in [5, 5.41) is 0. The highest BCUT2D eigenvalue weighted by Gasteiger charge is 2.10. The molecule has 2 aromatic rings. The van der Waals surface area contributed by atoms with Crippen molar-refractivity contribution < 1.29 is 30.7 Å². The molecule has 3 nitrogen and oxygen atoms in total. The number of rotatable bonds is 3. The summed E-state index contributed by atoms with van der Waals surface area (Å²) in [4.78, 5) is 11.8. The highest BCUT2D eigenvalue weighted by Crippen LogP contribution is 2.04. The molecule has 90 valence electrons. The van der Waals surface area contributed by atoms with Gasteiger partial charge in [-0.15, -0.1) is 0 Å². The third-order valence-corrected chi connectivity index (χ3v) is 2.32. The molecule has 0 unspecified atom stereocenters. The lowest BCUT2D eigenvalue weighted by Crippen LogP contribution is -3.00. The number of hydrogen-bond acceptors (Lipinski definition) is 1. The van der Waals surface area contributed by atoms with Gasteiger partial charge in [-0.1, -0.05) is 0 Å². The van der Waals surface area contributed by atoms with Gasteiger partial charge in [0, 0.05) is 5.56 Å². The van der Waals surface area contributed by atoms with Gasteiger partial charge in [-0.05, 0) is 24.3 Å². The summed E-state index contributed by atoms with van der Waals surface area (Å²) in [7, 11) is 1.89. The number of aromatic nitrogens is 2. The van der Waals surface area contributed by atoms with Crippen LogP contribution in [0.25, 0.3) is 0 Å². The van der Waals surface area contributed by atoms with E-state index in [1.54, 1.807) is 4.57 Å². The van der Waals surface area contributed by atoms with Gasteiger partial charge in [0.2, 0.25) is 12.1 Å². The fourth-order valence-corrected chi connectivity index (χ4v) is 1.49. The van der Waals surface area contributed by atoms with Crippen LogP contribution in [-0.4, -0.2) is 10.4 Å². The smallest absolute Gasteiger partial charge is 0.243 e. The van der Waals surface area contributed by atoms with E-state index in [9.17, 15) is 9.18 Å². The quantitative estimate of drug-likeness (QED) is 0.492. The molecule has 0 aliphatic carbocycles. The molecule has 0 aliphatic rings. The average molecular weight is 299 g/mol. The van der Waals surface area contributed by atoms with Gasteiger partial charge in [0.15, 0.2) is 6.54 Å². The molecule has 0 spiro atoms. The fourth-order valence-electron chi connectivity index (χ4n) is 1.49. The van der Waals surface area contributed by atoms with Gasteiger partial charge in [0.1, 0.15) is 18.2 Å². The van der Waals surface area contributed by atoms with E-state index in [0.717, 1.165) is 0 Å². The maximum atomic E-state index is 12.7. The summed E-state index contributed by atoms with van der Waals surface area (Å²) >= 11 is 0. The standard InChI is InChI=1S/C12H12FN2O.BrH/c1-14-6-7-15(9-14)8-12(16)10-2-4-11(13)5-3-10;/h2-7,9H,8H2,1H3;1H/q+1;/p-1. The minimum absolute atomic E-state index is 0. The monoisotopic (exact) mass is 298 g/mol. The second-order valence-electron chi connectivity index (χ2n) is 3.68. The topological polar surface area (TPSA) is 25.9 Å². The summed E-state index contributed by atoms with van der Waals surface area (Å²) in [6.45, 7) is 0.270. The Balaban J connectivity index is 0.00000144. The Morgan fingerprint density at radius 1 is 1.35 bits per heavy atom. The second-order valence-corrected chi connectivity index (χ2v) is 3.68. The van der Waals surface area contributed by atoms with Crippen molar-refractivity contribution in [2.45, 2.75) is 6.54 Å². The zero-order chi connectivity index (χ0) is 11.5. The van der Waals surface area contributed by atoms with E-state index in [1.165, 1.54) is 24.3 Å². The van der Waals surface area contributed by atoms with Crippen molar-refractivity contribution in [3.8, 4) is 0 Å². The molecule has 0 bridgehead atoms. The van der Waals surface area contributed by atoms with Crippen molar-refractivity contribution in [1.29, 1.82) is 0 Å². The number of carbonyl (C=O) groups excluding carboxylic acids is 1. The predicted octanol–water partition coefficient (Wildman–Crippen LogP) is -1.66. The summed E-state index contributed by atoms with van der Waals surface area (Å²) in [5.41, 5.74) is 0.526. The van der Waals surface area contributed by atoms with Crippen LogP contribution in [0.15, 0.2) is 43.0 Å². The Morgan fingerprint density at radius 2 is 2.00 bits per heavy atom. The molecule has 0 saturated heterocycles. The Bertz CT molecular complexity index is 507. The number of ketones is 1. The van der Waals surface area contributed by atoms with Gasteiger partial charge in [0.05, 0.1) is 7.05 Å². The summed E-state index contributed by atoms with van der Waals surface area (Å²) in [6, 6.07) is 5.59. The lowest BCUT2D eigenvalue weighted by Gasteiger charge is -1.97. The first kappa shape index (κ1) is 13.6. The molecule has 1 aromatic heterocycles. The van der Waals surface area contributed by atoms with Crippen LogP contribution in [0.1, 0.15) is 10.4 Å². The number of hydrogen-bond donors (Lipinski definition) is 0. The number of halogens is 2. The van der Waals surface area contributed by atoms with Crippen molar-refractivity contribution in [1.82, 2.24) is 4.57 Å². The second kappa shape index (κ2) is 5.72. The van der Waals surface area contributed by atoms with Crippen LogP contribution in [0, 0.1) is 5.82 Å². The number of nitrogens with zero attached hydrogens (tertiary/aromatic N) is 2. The first-order chi connectivity index (χ1) is 7.65. The van der Waals surface area contributed by atoms with Gasteiger partial charge in [-0.2, -0.15) is 0 Å². The first-order valence-corrected chi connectivity index (χ1v) is 4.95. The molecule has 2 rings (SSSR count). The van der Waals surface area contributed by atoms with Crippen LogP contribution in [0.4, 0.5) is 4.39 Å². The van der Waals surface area contributed by atoms with Crippen molar-refractivity contribution in [3.63, 3.8) is 0 Å². The molecule has 0 fully saturated rings. The Labute approximate surface area is 109 Å². The zero-order valence-corrected chi connectivity index (χ0v) is 10.9. The molecule has 17 heavy (non-hydrogen) atoms. The van der Waals surface area contributed by atoms with E-state index < -0.39 is 0 Å². The largest absolute Gasteiger partial charge is 1.00 e. The third-order valence-electron chi connectivity index (χ3n) is 2.32. The maximum Gasteiger partial charge on any atom is 0.243 e. The minimum atomic E-state index is -0.330. The molecule has 0 radical (unpaired) electrons. The summed E-state index contributed by atoms with van der Waals surface area (Å²) < 4.78 is 16.3. The Morgan fingerprint density at radius 3 is 2.53 bits per heavy atom. The molecule has 0 aliphatic heterocycles. The number of benzene rings is 1. The Hall–Kier alpha value is -1.49. The molecule has 5 heteroatoms. The maximum absolute atomic E-state index is 12.7. The van der Waals surface area contributed by atoms with E-state index in [2.05, 4.69) is 0 Å². The fraction of sp³-hybridized carbons (Fsp3) is 0.167. The van der Waals surface area contributed by atoms with Crippen LogP contribution in [0.3, 0.4) is 0 Å². The van der Waals surface area contributed by atoms with Crippen LogP contribution >= 0.6 is 0 Å². The molecular formula is C12H12BrFN2O. The molecule has 0 saturated carbocycles. The molecule has 0 amide bonds. The van der Waals surface area contributed by atoms with E-state index in [1.807, 2.05) is 30.3 Å².